The first-order valence-electron chi connectivity index (χ1n) is 7.01. The molecule has 1 aliphatic rings. The van der Waals surface area contributed by atoms with Crippen molar-refractivity contribution in [1.82, 2.24) is 4.98 Å². The maximum Gasteiger partial charge on any atom is 0.0861 e. The number of methoxy groups -OCH3 is 1. The number of ether oxygens (including phenoxy) is 1. The van der Waals surface area contributed by atoms with E-state index in [2.05, 4.69) is 4.98 Å². The van der Waals surface area contributed by atoms with Crippen molar-refractivity contribution in [2.45, 2.75) is 50.7 Å². The Morgan fingerprint density at radius 3 is 2.79 bits per heavy atom. The zero-order chi connectivity index (χ0) is 13.7. The molecule has 0 radical (unpaired) electrons. The molecule has 1 aromatic rings. The molecule has 1 aliphatic carbocycles. The van der Waals surface area contributed by atoms with Gasteiger partial charge in [-0.2, -0.15) is 0 Å². The second kappa shape index (κ2) is 7.22. The Morgan fingerprint density at radius 1 is 1.42 bits per heavy atom. The van der Waals surface area contributed by atoms with E-state index in [0.717, 1.165) is 18.4 Å². The molecule has 106 valence electrons. The second-order valence-corrected chi connectivity index (χ2v) is 5.74. The lowest BCUT2D eigenvalue weighted by atomic mass is 9.82. The maximum atomic E-state index is 10.4. The van der Waals surface area contributed by atoms with Gasteiger partial charge in [-0.05, 0) is 30.4 Å². The van der Waals surface area contributed by atoms with E-state index in [-0.39, 0.29) is 6.10 Å². The fourth-order valence-corrected chi connectivity index (χ4v) is 3.23. The number of aromatic nitrogens is 1. The number of halogens is 1. The van der Waals surface area contributed by atoms with Gasteiger partial charge in [0.2, 0.25) is 0 Å². The van der Waals surface area contributed by atoms with Gasteiger partial charge in [-0.3, -0.25) is 4.98 Å². The van der Waals surface area contributed by atoms with Crippen LogP contribution >= 0.6 is 11.6 Å². The molecule has 3 nitrogen and oxygen atoms in total. The monoisotopic (exact) mass is 283 g/mol. The van der Waals surface area contributed by atoms with E-state index in [4.69, 9.17) is 16.3 Å². The lowest BCUT2D eigenvalue weighted by molar-refractivity contribution is -0.0535. The summed E-state index contributed by atoms with van der Waals surface area (Å²) in [7, 11) is 1.69. The Hall–Kier alpha value is -0.640. The summed E-state index contributed by atoms with van der Waals surface area (Å²) in [4.78, 5) is 3.96. The van der Waals surface area contributed by atoms with Crippen molar-refractivity contribution >= 4 is 11.6 Å². The smallest absolute Gasteiger partial charge is 0.0861 e. The minimum atomic E-state index is -0.506. The number of aliphatic hydroxyl groups excluding tert-OH is 1. The molecule has 0 amide bonds. The molecule has 4 heteroatoms. The highest BCUT2D eigenvalue weighted by molar-refractivity contribution is 6.31. The van der Waals surface area contributed by atoms with Crippen LogP contribution in [0, 0.1) is 5.92 Å². The van der Waals surface area contributed by atoms with Crippen LogP contribution in [0.25, 0.3) is 0 Å². The van der Waals surface area contributed by atoms with E-state index >= 15 is 0 Å². The molecule has 1 fully saturated rings. The minimum Gasteiger partial charge on any atom is -0.390 e. The number of hydrogen-bond donors (Lipinski definition) is 1. The van der Waals surface area contributed by atoms with Crippen molar-refractivity contribution in [3.63, 3.8) is 0 Å². The Kier molecular flexibility index (Phi) is 5.61. The molecule has 1 heterocycles. The van der Waals surface area contributed by atoms with Gasteiger partial charge in [0.05, 0.1) is 17.2 Å². The van der Waals surface area contributed by atoms with E-state index in [1.54, 1.807) is 19.5 Å². The number of rotatable bonds is 5. The number of pyridine rings is 1. The van der Waals surface area contributed by atoms with Crippen LogP contribution in [0.5, 0.6) is 0 Å². The lowest BCUT2D eigenvalue weighted by Crippen LogP contribution is -2.37. The summed E-state index contributed by atoms with van der Waals surface area (Å²) in [5.41, 5.74) is 0.932. The third-order valence-electron chi connectivity index (χ3n) is 4.05. The van der Waals surface area contributed by atoms with Gasteiger partial charge in [-0.1, -0.05) is 30.9 Å². The Labute approximate surface area is 120 Å². The zero-order valence-corrected chi connectivity index (χ0v) is 12.1. The molecule has 2 atom stereocenters. The molecule has 0 saturated heterocycles. The fraction of sp³-hybridized carbons (Fsp3) is 0.667. The number of hydrogen-bond acceptors (Lipinski definition) is 3. The van der Waals surface area contributed by atoms with Gasteiger partial charge in [0.1, 0.15) is 0 Å². The van der Waals surface area contributed by atoms with E-state index in [1.165, 1.54) is 19.3 Å². The summed E-state index contributed by atoms with van der Waals surface area (Å²) in [5, 5.41) is 11.0. The zero-order valence-electron chi connectivity index (χ0n) is 11.4. The second-order valence-electron chi connectivity index (χ2n) is 5.34. The molecule has 1 aromatic heterocycles. The molecule has 0 aliphatic heterocycles. The predicted molar refractivity (Wildman–Crippen MR) is 76.3 cm³/mol. The maximum absolute atomic E-state index is 10.4. The molecule has 0 bridgehead atoms. The van der Waals surface area contributed by atoms with Crippen LogP contribution < -0.4 is 0 Å². The Morgan fingerprint density at radius 2 is 2.16 bits per heavy atom. The molecule has 0 aromatic carbocycles. The van der Waals surface area contributed by atoms with Gasteiger partial charge in [0.25, 0.3) is 0 Å². The van der Waals surface area contributed by atoms with Crippen molar-refractivity contribution in [2.24, 2.45) is 5.92 Å². The summed E-state index contributed by atoms with van der Waals surface area (Å²) in [5.74, 6) is 0.467. The van der Waals surface area contributed by atoms with Gasteiger partial charge in [-0.25, -0.2) is 0 Å². The third kappa shape index (κ3) is 3.91. The molecule has 19 heavy (non-hydrogen) atoms. The van der Waals surface area contributed by atoms with Gasteiger partial charge < -0.3 is 9.84 Å². The first-order chi connectivity index (χ1) is 9.22. The van der Waals surface area contributed by atoms with Crippen LogP contribution in [0.1, 0.15) is 37.7 Å². The van der Waals surface area contributed by atoms with Crippen molar-refractivity contribution < 1.29 is 9.84 Å². The standard InChI is InChI=1S/C15H22ClNO2/c1-19-15(11-5-3-2-4-6-11)14(18)9-12-7-8-17-10-13(12)16/h7-8,10-11,14-15,18H,2-6,9H2,1H3. The summed E-state index contributed by atoms with van der Waals surface area (Å²) < 4.78 is 5.55. The van der Waals surface area contributed by atoms with E-state index in [0.29, 0.717) is 17.4 Å². The summed E-state index contributed by atoms with van der Waals surface area (Å²) in [6.45, 7) is 0. The summed E-state index contributed by atoms with van der Waals surface area (Å²) >= 11 is 6.09. The molecule has 2 unspecified atom stereocenters. The van der Waals surface area contributed by atoms with Crippen LogP contribution in [0.15, 0.2) is 18.5 Å². The van der Waals surface area contributed by atoms with Gasteiger partial charge >= 0.3 is 0 Å². The van der Waals surface area contributed by atoms with Crippen LogP contribution in [-0.2, 0) is 11.2 Å². The van der Waals surface area contributed by atoms with Crippen molar-refractivity contribution in [3.05, 3.63) is 29.0 Å². The quantitative estimate of drug-likeness (QED) is 0.902. The highest BCUT2D eigenvalue weighted by Crippen LogP contribution is 2.30. The Bertz CT molecular complexity index is 393. The highest BCUT2D eigenvalue weighted by atomic mass is 35.5. The largest absolute Gasteiger partial charge is 0.390 e. The van der Waals surface area contributed by atoms with E-state index < -0.39 is 6.10 Å². The molecule has 0 spiro atoms. The molecular formula is C15H22ClNO2. The van der Waals surface area contributed by atoms with Crippen LogP contribution in [-0.4, -0.2) is 29.4 Å². The molecule has 1 N–H and O–H groups in total. The van der Waals surface area contributed by atoms with Gasteiger partial charge in [0, 0.05) is 25.9 Å². The third-order valence-corrected chi connectivity index (χ3v) is 4.39. The highest BCUT2D eigenvalue weighted by Gasteiger charge is 2.29. The number of nitrogens with zero attached hydrogens (tertiary/aromatic N) is 1. The SMILES string of the molecule is COC(C(O)Cc1ccncc1Cl)C1CCCCC1. The van der Waals surface area contributed by atoms with E-state index in [1.807, 2.05) is 6.07 Å². The lowest BCUT2D eigenvalue weighted by Gasteiger charge is -2.32. The molecular weight excluding hydrogens is 262 g/mol. The summed E-state index contributed by atoms with van der Waals surface area (Å²) in [6.07, 6.45) is 9.34. The van der Waals surface area contributed by atoms with Gasteiger partial charge in [-0.15, -0.1) is 0 Å². The predicted octanol–water partition coefficient (Wildman–Crippen LogP) is 3.23. The van der Waals surface area contributed by atoms with Gasteiger partial charge in [0.15, 0.2) is 0 Å². The minimum absolute atomic E-state index is 0.0930. The average molecular weight is 284 g/mol. The van der Waals surface area contributed by atoms with Crippen LogP contribution in [0.3, 0.4) is 0 Å². The molecule has 2 rings (SSSR count). The fourth-order valence-electron chi connectivity index (χ4n) is 3.04. The van der Waals surface area contributed by atoms with E-state index in [9.17, 15) is 5.11 Å². The van der Waals surface area contributed by atoms with Crippen LogP contribution in [0.4, 0.5) is 0 Å². The Balaban J connectivity index is 2.00. The van der Waals surface area contributed by atoms with Crippen molar-refractivity contribution in [2.75, 3.05) is 7.11 Å². The molecule has 1 saturated carbocycles. The first kappa shape index (κ1) is 14.8. The van der Waals surface area contributed by atoms with Crippen molar-refractivity contribution in [1.29, 1.82) is 0 Å². The first-order valence-corrected chi connectivity index (χ1v) is 7.39. The topological polar surface area (TPSA) is 42.4 Å². The number of aliphatic hydroxyl groups is 1. The van der Waals surface area contributed by atoms with Crippen LogP contribution in [0.2, 0.25) is 5.02 Å². The summed E-state index contributed by atoms with van der Waals surface area (Å²) in [6, 6.07) is 1.86. The average Bonchev–Trinajstić information content (AvgIpc) is 2.43. The normalized spacial score (nSPS) is 20.2. The van der Waals surface area contributed by atoms with Crippen molar-refractivity contribution in [3.8, 4) is 0 Å².